The minimum Gasteiger partial charge on any atom is -0.478 e. The van der Waals surface area contributed by atoms with Crippen molar-refractivity contribution in [3.05, 3.63) is 23.9 Å². The molecule has 1 aromatic heterocycles. The van der Waals surface area contributed by atoms with Crippen molar-refractivity contribution >= 4 is 11.8 Å². The van der Waals surface area contributed by atoms with Gasteiger partial charge in [0.2, 0.25) is 0 Å². The van der Waals surface area contributed by atoms with Crippen molar-refractivity contribution in [2.24, 2.45) is 5.92 Å². The number of hydrogen-bond donors (Lipinski definition) is 1. The summed E-state index contributed by atoms with van der Waals surface area (Å²) in [6, 6.07) is 3.85. The van der Waals surface area contributed by atoms with Crippen LogP contribution < -0.4 is 4.90 Å². The van der Waals surface area contributed by atoms with Gasteiger partial charge in [0.25, 0.3) is 0 Å². The molecule has 0 aromatic carbocycles. The Kier molecular flexibility index (Phi) is 2.94. The monoisotopic (exact) mass is 246 g/mol. The van der Waals surface area contributed by atoms with Crippen LogP contribution in [-0.2, 0) is 0 Å². The van der Waals surface area contributed by atoms with Gasteiger partial charge in [-0.3, -0.25) is 0 Å². The second-order valence-electron chi connectivity index (χ2n) is 5.30. The third kappa shape index (κ3) is 1.96. The van der Waals surface area contributed by atoms with E-state index in [4.69, 9.17) is 5.11 Å². The summed E-state index contributed by atoms with van der Waals surface area (Å²) < 4.78 is 0. The molecule has 2 aliphatic rings. The molecular formula is C14H18N2O2. The average Bonchev–Trinajstić information content (AvgIpc) is 2.87. The summed E-state index contributed by atoms with van der Waals surface area (Å²) in [4.78, 5) is 17.7. The van der Waals surface area contributed by atoms with Crippen LogP contribution in [0.25, 0.3) is 0 Å². The van der Waals surface area contributed by atoms with Crippen molar-refractivity contribution in [1.82, 2.24) is 4.98 Å². The quantitative estimate of drug-likeness (QED) is 0.871. The zero-order valence-corrected chi connectivity index (χ0v) is 10.4. The minimum atomic E-state index is -0.876. The van der Waals surface area contributed by atoms with Crippen LogP contribution in [0.3, 0.4) is 0 Å². The van der Waals surface area contributed by atoms with Gasteiger partial charge in [-0.15, -0.1) is 0 Å². The van der Waals surface area contributed by atoms with Gasteiger partial charge >= 0.3 is 5.97 Å². The molecule has 0 spiro atoms. The van der Waals surface area contributed by atoms with Crippen molar-refractivity contribution in [3.8, 4) is 0 Å². The van der Waals surface area contributed by atoms with Crippen molar-refractivity contribution in [1.29, 1.82) is 0 Å². The second kappa shape index (κ2) is 4.59. The molecule has 0 radical (unpaired) electrons. The summed E-state index contributed by atoms with van der Waals surface area (Å²) in [6.45, 7) is 1.01. The maximum atomic E-state index is 11.0. The van der Waals surface area contributed by atoms with E-state index in [0.29, 0.717) is 11.6 Å². The van der Waals surface area contributed by atoms with E-state index in [0.717, 1.165) is 18.3 Å². The molecule has 2 heterocycles. The smallest absolute Gasteiger partial charge is 0.335 e. The van der Waals surface area contributed by atoms with Gasteiger partial charge in [-0.1, -0.05) is 6.42 Å². The summed E-state index contributed by atoms with van der Waals surface area (Å²) in [5, 5.41) is 9.05. The Labute approximate surface area is 107 Å². The summed E-state index contributed by atoms with van der Waals surface area (Å²) >= 11 is 0. The van der Waals surface area contributed by atoms with Gasteiger partial charge < -0.3 is 10.0 Å². The number of anilines is 1. The second-order valence-corrected chi connectivity index (χ2v) is 5.30. The predicted octanol–water partition coefficient (Wildman–Crippen LogP) is 2.55. The largest absolute Gasteiger partial charge is 0.478 e. The Morgan fingerprint density at radius 1 is 1.33 bits per heavy atom. The molecule has 0 amide bonds. The number of aromatic nitrogens is 1. The van der Waals surface area contributed by atoms with Gasteiger partial charge in [-0.05, 0) is 43.7 Å². The fraction of sp³-hybridized carbons (Fsp3) is 0.571. The van der Waals surface area contributed by atoms with Crippen molar-refractivity contribution in [2.45, 2.75) is 38.1 Å². The van der Waals surface area contributed by atoms with Gasteiger partial charge in [-0.2, -0.15) is 0 Å². The minimum absolute atomic E-state index is 0.333. The third-order valence-corrected chi connectivity index (χ3v) is 4.28. The summed E-state index contributed by atoms with van der Waals surface area (Å²) in [5.74, 6) is 0.749. The summed E-state index contributed by atoms with van der Waals surface area (Å²) in [5.41, 5.74) is 0.333. The van der Waals surface area contributed by atoms with Gasteiger partial charge in [0.1, 0.15) is 5.82 Å². The van der Waals surface area contributed by atoms with E-state index >= 15 is 0 Å². The highest BCUT2D eigenvalue weighted by molar-refractivity contribution is 5.88. The number of fused-ring (bicyclic) bond motifs is 1. The average molecular weight is 246 g/mol. The number of rotatable bonds is 2. The topological polar surface area (TPSA) is 53.4 Å². The van der Waals surface area contributed by atoms with Crippen molar-refractivity contribution < 1.29 is 9.90 Å². The van der Waals surface area contributed by atoms with E-state index in [9.17, 15) is 4.79 Å². The highest BCUT2D eigenvalue weighted by Crippen LogP contribution is 2.38. The molecule has 0 bridgehead atoms. The maximum absolute atomic E-state index is 11.0. The molecule has 2 unspecified atom stereocenters. The first kappa shape index (κ1) is 11.5. The summed E-state index contributed by atoms with van der Waals surface area (Å²) in [6.07, 6.45) is 7.96. The predicted molar refractivity (Wildman–Crippen MR) is 68.9 cm³/mol. The molecule has 4 heteroatoms. The van der Waals surface area contributed by atoms with Crippen LogP contribution in [0, 0.1) is 5.92 Å². The lowest BCUT2D eigenvalue weighted by atomic mass is 9.92. The first-order valence-electron chi connectivity index (χ1n) is 6.72. The van der Waals surface area contributed by atoms with Crippen LogP contribution in [0.2, 0.25) is 0 Å². The third-order valence-electron chi connectivity index (χ3n) is 4.28. The zero-order chi connectivity index (χ0) is 12.5. The maximum Gasteiger partial charge on any atom is 0.335 e. The zero-order valence-electron chi connectivity index (χ0n) is 10.4. The SMILES string of the molecule is O=C(O)c1ccnc(N2CCCC3CCCC32)c1. The van der Waals surface area contributed by atoms with Crippen molar-refractivity contribution in [2.75, 3.05) is 11.4 Å². The number of pyridine rings is 1. The highest BCUT2D eigenvalue weighted by atomic mass is 16.4. The Balaban J connectivity index is 1.89. The molecule has 18 heavy (non-hydrogen) atoms. The molecule has 1 saturated heterocycles. The van der Waals surface area contributed by atoms with E-state index < -0.39 is 5.97 Å². The van der Waals surface area contributed by atoms with Crippen LogP contribution >= 0.6 is 0 Å². The molecule has 1 aliphatic carbocycles. The number of piperidine rings is 1. The Bertz CT molecular complexity index is 461. The molecule has 2 fully saturated rings. The molecule has 3 rings (SSSR count). The number of aromatic carboxylic acids is 1. The lowest BCUT2D eigenvalue weighted by Gasteiger charge is -2.38. The number of carboxylic acid groups (broad SMARTS) is 1. The van der Waals surface area contributed by atoms with E-state index in [1.54, 1.807) is 18.3 Å². The standard InChI is InChI=1S/C14H18N2O2/c17-14(18)11-6-7-15-13(9-11)16-8-2-4-10-3-1-5-12(10)16/h6-7,9-10,12H,1-5,8H2,(H,17,18). The normalized spacial score (nSPS) is 27.0. The van der Waals surface area contributed by atoms with E-state index in [-0.39, 0.29) is 0 Å². The first-order chi connectivity index (χ1) is 8.75. The molecule has 96 valence electrons. The van der Waals surface area contributed by atoms with E-state index in [1.165, 1.54) is 32.1 Å². The number of carboxylic acids is 1. The van der Waals surface area contributed by atoms with Gasteiger partial charge in [0.15, 0.2) is 0 Å². The Morgan fingerprint density at radius 2 is 2.17 bits per heavy atom. The molecular weight excluding hydrogens is 228 g/mol. The van der Waals surface area contributed by atoms with Crippen LogP contribution in [0.4, 0.5) is 5.82 Å². The van der Waals surface area contributed by atoms with Crippen LogP contribution in [0.15, 0.2) is 18.3 Å². The first-order valence-corrected chi connectivity index (χ1v) is 6.72. The summed E-state index contributed by atoms with van der Waals surface area (Å²) in [7, 11) is 0. The van der Waals surface area contributed by atoms with Crippen LogP contribution in [0.5, 0.6) is 0 Å². The lowest BCUT2D eigenvalue weighted by molar-refractivity contribution is 0.0696. The van der Waals surface area contributed by atoms with E-state index in [2.05, 4.69) is 9.88 Å². The van der Waals surface area contributed by atoms with Crippen LogP contribution in [0.1, 0.15) is 42.5 Å². The fourth-order valence-corrected chi connectivity index (χ4v) is 3.45. The van der Waals surface area contributed by atoms with Gasteiger partial charge in [0.05, 0.1) is 5.56 Å². The molecule has 1 saturated carbocycles. The highest BCUT2D eigenvalue weighted by Gasteiger charge is 2.35. The molecule has 1 aromatic rings. The molecule has 4 nitrogen and oxygen atoms in total. The molecule has 1 N–H and O–H groups in total. The number of carbonyl (C=O) groups is 1. The van der Waals surface area contributed by atoms with Crippen molar-refractivity contribution in [3.63, 3.8) is 0 Å². The number of nitrogens with zero attached hydrogens (tertiary/aromatic N) is 2. The van der Waals surface area contributed by atoms with Gasteiger partial charge in [-0.25, -0.2) is 9.78 Å². The fourth-order valence-electron chi connectivity index (χ4n) is 3.45. The van der Waals surface area contributed by atoms with Gasteiger partial charge in [0, 0.05) is 18.8 Å². The van der Waals surface area contributed by atoms with Crippen LogP contribution in [-0.4, -0.2) is 28.6 Å². The lowest BCUT2D eigenvalue weighted by Crippen LogP contribution is -2.43. The Morgan fingerprint density at radius 3 is 3.00 bits per heavy atom. The Hall–Kier alpha value is -1.58. The van der Waals surface area contributed by atoms with E-state index in [1.807, 2.05) is 0 Å². The molecule has 2 atom stereocenters. The molecule has 1 aliphatic heterocycles. The number of hydrogen-bond acceptors (Lipinski definition) is 3.